The lowest BCUT2D eigenvalue weighted by molar-refractivity contribution is -0.123. The van der Waals surface area contributed by atoms with E-state index in [9.17, 15) is 4.79 Å². The molecule has 124 valence electrons. The number of hydrogen-bond acceptors (Lipinski definition) is 2. The highest BCUT2D eigenvalue weighted by molar-refractivity contribution is 5.83. The first-order chi connectivity index (χ1) is 11.8. The predicted molar refractivity (Wildman–Crippen MR) is 98.3 cm³/mol. The van der Waals surface area contributed by atoms with Crippen LogP contribution in [0.25, 0.3) is 0 Å². The Kier molecular flexibility index (Phi) is 4.38. The number of para-hydroxylation sites is 1. The largest absolute Gasteiger partial charge is 0.363 e. The molecule has 2 aliphatic rings. The molecular formula is C22H25NO. The Bertz CT molecular complexity index is 709. The fourth-order valence-electron chi connectivity index (χ4n) is 4.46. The minimum Gasteiger partial charge on any atom is -0.363 e. The topological polar surface area (TPSA) is 20.3 Å². The number of rotatable bonds is 2. The molecule has 2 aromatic rings. The van der Waals surface area contributed by atoms with Crippen molar-refractivity contribution in [1.29, 1.82) is 0 Å². The molecule has 1 aliphatic carbocycles. The van der Waals surface area contributed by atoms with E-state index in [-0.39, 0.29) is 12.0 Å². The van der Waals surface area contributed by atoms with Crippen LogP contribution in [0.2, 0.25) is 0 Å². The Labute approximate surface area is 144 Å². The van der Waals surface area contributed by atoms with Crippen molar-refractivity contribution in [2.24, 2.45) is 5.92 Å². The van der Waals surface area contributed by atoms with Crippen LogP contribution in [0.1, 0.15) is 49.3 Å². The van der Waals surface area contributed by atoms with Crippen LogP contribution >= 0.6 is 0 Å². The Morgan fingerprint density at radius 2 is 1.62 bits per heavy atom. The van der Waals surface area contributed by atoms with Gasteiger partial charge in [0.2, 0.25) is 0 Å². The van der Waals surface area contributed by atoms with Crippen LogP contribution in [-0.4, -0.2) is 12.3 Å². The zero-order valence-electron chi connectivity index (χ0n) is 14.2. The van der Waals surface area contributed by atoms with Gasteiger partial charge in [-0.3, -0.25) is 4.79 Å². The third-order valence-electron chi connectivity index (χ3n) is 5.65. The van der Waals surface area contributed by atoms with Crippen molar-refractivity contribution in [2.75, 3.05) is 11.4 Å². The summed E-state index contributed by atoms with van der Waals surface area (Å²) in [7, 11) is 0. The molecule has 0 spiro atoms. The minimum atomic E-state index is 0.133. The van der Waals surface area contributed by atoms with Crippen LogP contribution < -0.4 is 4.90 Å². The molecule has 0 aromatic heterocycles. The van der Waals surface area contributed by atoms with E-state index in [1.807, 2.05) is 0 Å². The maximum absolute atomic E-state index is 12.9. The molecule has 2 aromatic carbocycles. The molecule has 1 heterocycles. The maximum atomic E-state index is 12.9. The van der Waals surface area contributed by atoms with Gasteiger partial charge in [-0.2, -0.15) is 0 Å². The van der Waals surface area contributed by atoms with Crippen LogP contribution in [0, 0.1) is 5.92 Å². The van der Waals surface area contributed by atoms with E-state index in [0.29, 0.717) is 5.78 Å². The number of carbonyl (C=O) groups is 1. The zero-order valence-corrected chi connectivity index (χ0v) is 14.2. The van der Waals surface area contributed by atoms with Crippen molar-refractivity contribution in [3.8, 4) is 0 Å². The third-order valence-corrected chi connectivity index (χ3v) is 5.65. The quantitative estimate of drug-likeness (QED) is 0.731. The molecule has 1 aliphatic heterocycles. The summed E-state index contributed by atoms with van der Waals surface area (Å²) in [5.74, 6) is 0.601. The van der Waals surface area contributed by atoms with Gasteiger partial charge in [-0.25, -0.2) is 0 Å². The molecule has 4 rings (SSSR count). The highest BCUT2D eigenvalue weighted by Crippen LogP contribution is 2.42. The first-order valence-corrected chi connectivity index (χ1v) is 9.27. The molecule has 2 heteroatoms. The average Bonchev–Trinajstić information content (AvgIpc) is 2.86. The van der Waals surface area contributed by atoms with Gasteiger partial charge in [-0.1, -0.05) is 55.3 Å². The van der Waals surface area contributed by atoms with Gasteiger partial charge < -0.3 is 4.90 Å². The summed E-state index contributed by atoms with van der Waals surface area (Å²) in [6.07, 6.45) is 6.28. The predicted octanol–water partition coefficient (Wildman–Crippen LogP) is 4.94. The minimum absolute atomic E-state index is 0.133. The van der Waals surface area contributed by atoms with Gasteiger partial charge in [-0.05, 0) is 42.5 Å². The number of nitrogens with zero attached hydrogens (tertiary/aromatic N) is 1. The summed E-state index contributed by atoms with van der Waals surface area (Å²) in [5, 5.41) is 0. The standard InChI is InChI=1S/C22H25NO/c24-21-14-6-2-5-13-20(21)22-19-12-8-7-9-17(19)15-16-23(22)18-10-3-1-4-11-18/h1,3-4,7-12,20,22H,2,5-6,13-16H2/t20-,22-/m1/s1. The summed E-state index contributed by atoms with van der Waals surface area (Å²) in [6.45, 7) is 0.996. The SMILES string of the molecule is O=C1CCCCC[C@H]1[C@H]1c2ccccc2CCN1c1ccccc1. The molecule has 0 bridgehead atoms. The smallest absolute Gasteiger partial charge is 0.138 e. The van der Waals surface area contributed by atoms with Crippen LogP contribution in [0.5, 0.6) is 0 Å². The van der Waals surface area contributed by atoms with Gasteiger partial charge in [0.1, 0.15) is 5.78 Å². The van der Waals surface area contributed by atoms with Gasteiger partial charge in [0.15, 0.2) is 0 Å². The molecule has 1 saturated carbocycles. The Balaban J connectivity index is 1.78. The van der Waals surface area contributed by atoms with Crippen LogP contribution in [0.15, 0.2) is 54.6 Å². The normalized spacial score (nSPS) is 24.3. The Hall–Kier alpha value is -2.09. The fraction of sp³-hybridized carbons (Fsp3) is 0.409. The molecule has 0 saturated heterocycles. The van der Waals surface area contributed by atoms with Gasteiger partial charge in [0, 0.05) is 24.6 Å². The summed E-state index contributed by atoms with van der Waals surface area (Å²) in [4.78, 5) is 15.4. The van der Waals surface area contributed by atoms with Crippen molar-refractivity contribution in [3.05, 3.63) is 65.7 Å². The number of carbonyl (C=O) groups excluding carboxylic acids is 1. The van der Waals surface area contributed by atoms with Crippen molar-refractivity contribution >= 4 is 11.5 Å². The van der Waals surface area contributed by atoms with Crippen molar-refractivity contribution in [1.82, 2.24) is 0 Å². The van der Waals surface area contributed by atoms with Gasteiger partial charge in [0.25, 0.3) is 0 Å². The summed E-state index contributed by atoms with van der Waals surface area (Å²) >= 11 is 0. The molecule has 1 fully saturated rings. The second-order valence-electron chi connectivity index (χ2n) is 7.09. The number of hydrogen-bond donors (Lipinski definition) is 0. The number of ketones is 1. The molecular weight excluding hydrogens is 294 g/mol. The maximum Gasteiger partial charge on any atom is 0.138 e. The first kappa shape index (κ1) is 15.4. The van der Waals surface area contributed by atoms with Crippen molar-refractivity contribution in [3.63, 3.8) is 0 Å². The van der Waals surface area contributed by atoms with Crippen LogP contribution in [0.4, 0.5) is 5.69 Å². The lowest BCUT2D eigenvalue weighted by atomic mass is 9.80. The molecule has 2 nitrogen and oxygen atoms in total. The van der Waals surface area contributed by atoms with Gasteiger partial charge in [-0.15, -0.1) is 0 Å². The monoisotopic (exact) mass is 319 g/mol. The lowest BCUT2D eigenvalue weighted by Gasteiger charge is -2.42. The Morgan fingerprint density at radius 3 is 2.50 bits per heavy atom. The van der Waals surface area contributed by atoms with E-state index in [0.717, 1.165) is 32.2 Å². The first-order valence-electron chi connectivity index (χ1n) is 9.27. The highest BCUT2D eigenvalue weighted by atomic mass is 16.1. The van der Waals surface area contributed by atoms with Crippen LogP contribution in [-0.2, 0) is 11.2 Å². The zero-order chi connectivity index (χ0) is 16.4. The van der Waals surface area contributed by atoms with Crippen LogP contribution in [0.3, 0.4) is 0 Å². The summed E-state index contributed by atoms with van der Waals surface area (Å²) in [5.41, 5.74) is 4.04. The van der Waals surface area contributed by atoms with E-state index in [1.54, 1.807) is 0 Å². The summed E-state index contributed by atoms with van der Waals surface area (Å²) in [6, 6.07) is 19.6. The van der Waals surface area contributed by atoms with Gasteiger partial charge >= 0.3 is 0 Å². The van der Waals surface area contributed by atoms with Gasteiger partial charge in [0.05, 0.1) is 6.04 Å². The van der Waals surface area contributed by atoms with Crippen molar-refractivity contribution in [2.45, 2.75) is 44.6 Å². The number of anilines is 1. The summed E-state index contributed by atoms with van der Waals surface area (Å²) < 4.78 is 0. The molecule has 24 heavy (non-hydrogen) atoms. The van der Waals surface area contributed by atoms with E-state index in [4.69, 9.17) is 0 Å². The second-order valence-corrected chi connectivity index (χ2v) is 7.09. The number of Topliss-reactive ketones (excluding diaryl/α,β-unsaturated/α-hetero) is 1. The van der Waals surface area contributed by atoms with E-state index < -0.39 is 0 Å². The van der Waals surface area contributed by atoms with E-state index in [1.165, 1.54) is 29.7 Å². The molecule has 0 N–H and O–H groups in total. The number of fused-ring (bicyclic) bond motifs is 1. The highest BCUT2D eigenvalue weighted by Gasteiger charge is 2.37. The van der Waals surface area contributed by atoms with E-state index >= 15 is 0 Å². The Morgan fingerprint density at radius 1 is 0.833 bits per heavy atom. The average molecular weight is 319 g/mol. The molecule has 0 amide bonds. The lowest BCUT2D eigenvalue weighted by Crippen LogP contribution is -2.41. The molecule has 0 radical (unpaired) electrons. The second kappa shape index (κ2) is 6.80. The molecule has 2 atom stereocenters. The van der Waals surface area contributed by atoms with Crippen molar-refractivity contribution < 1.29 is 4.79 Å². The number of benzene rings is 2. The fourth-order valence-corrected chi connectivity index (χ4v) is 4.46. The third kappa shape index (κ3) is 2.86. The molecule has 0 unspecified atom stereocenters. The van der Waals surface area contributed by atoms with E-state index in [2.05, 4.69) is 59.5 Å².